The molecule has 3 heterocycles. The Kier molecular flexibility index (Phi) is 7.55. The SMILES string of the molecule is Cc1ccc(C(=O)Nc2cc(N3CCN(CC4CC4)CC3)c(F)c(C(F)(F)F)c2)cc1N1C=C(c2cnn(C)c2C)NN1. The van der Waals surface area contributed by atoms with Gasteiger partial charge in [-0.25, -0.2) is 4.39 Å². The van der Waals surface area contributed by atoms with Gasteiger partial charge in [-0.2, -0.15) is 18.3 Å². The van der Waals surface area contributed by atoms with E-state index in [-0.39, 0.29) is 16.9 Å². The molecule has 0 radical (unpaired) electrons. The standard InChI is InChI=1S/C30H34F4N8O/c1-18-4-7-21(12-26(18)42-17-25(37-38-42)23-15-35-39(3)19(23)2)29(43)36-22-13-24(30(32,33)34)28(31)27(14-22)41-10-8-40(9-11-41)16-20-5-6-20/h4,7,12-15,17,20,37-38H,5-6,8-11,16H2,1-3H3,(H,36,43). The molecule has 1 aliphatic carbocycles. The van der Waals surface area contributed by atoms with Crippen molar-refractivity contribution in [2.45, 2.75) is 32.9 Å². The van der Waals surface area contributed by atoms with E-state index in [1.54, 1.807) is 39.0 Å². The van der Waals surface area contributed by atoms with E-state index in [4.69, 9.17) is 0 Å². The van der Waals surface area contributed by atoms with Gasteiger partial charge in [-0.1, -0.05) is 6.07 Å². The van der Waals surface area contributed by atoms with Crippen LogP contribution in [0.25, 0.3) is 5.70 Å². The molecule has 0 unspecified atom stereocenters. The van der Waals surface area contributed by atoms with Crippen LogP contribution in [0.15, 0.2) is 42.7 Å². The molecule has 0 bridgehead atoms. The summed E-state index contributed by atoms with van der Waals surface area (Å²) >= 11 is 0. The minimum atomic E-state index is -4.92. The molecule has 1 aromatic heterocycles. The van der Waals surface area contributed by atoms with Crippen molar-refractivity contribution in [3.63, 3.8) is 0 Å². The van der Waals surface area contributed by atoms with E-state index in [0.717, 1.165) is 29.1 Å². The number of benzene rings is 2. The number of hydrogen-bond donors (Lipinski definition) is 3. The average molecular weight is 599 g/mol. The average Bonchev–Trinajstić information content (AvgIpc) is 3.54. The second-order valence-corrected chi connectivity index (χ2v) is 11.5. The van der Waals surface area contributed by atoms with E-state index >= 15 is 4.39 Å². The van der Waals surface area contributed by atoms with Crippen molar-refractivity contribution in [3.8, 4) is 0 Å². The molecular formula is C30H34F4N8O. The molecule has 43 heavy (non-hydrogen) atoms. The first-order chi connectivity index (χ1) is 20.5. The maximum atomic E-state index is 15.2. The first kappa shape index (κ1) is 29.0. The van der Waals surface area contributed by atoms with Gasteiger partial charge in [0.15, 0.2) is 5.82 Å². The van der Waals surface area contributed by atoms with Gasteiger partial charge in [-0.05, 0) is 62.4 Å². The van der Waals surface area contributed by atoms with Crippen LogP contribution in [0.1, 0.15) is 45.6 Å². The Morgan fingerprint density at radius 2 is 1.81 bits per heavy atom. The lowest BCUT2D eigenvalue weighted by Gasteiger charge is -2.36. The van der Waals surface area contributed by atoms with E-state index in [2.05, 4.69) is 26.3 Å². The Balaban J connectivity index is 1.23. The lowest BCUT2D eigenvalue weighted by atomic mass is 10.1. The van der Waals surface area contributed by atoms with Crippen LogP contribution in [-0.4, -0.2) is 53.3 Å². The normalized spacial score (nSPS) is 17.7. The number of nitrogens with zero attached hydrogens (tertiary/aromatic N) is 5. The number of carbonyl (C=O) groups is 1. The van der Waals surface area contributed by atoms with Crippen LogP contribution in [0.2, 0.25) is 0 Å². The molecule has 6 rings (SSSR count). The molecule has 2 aliphatic heterocycles. The zero-order chi connectivity index (χ0) is 30.5. The summed E-state index contributed by atoms with van der Waals surface area (Å²) in [5, 5.41) is 8.56. The van der Waals surface area contributed by atoms with Crippen LogP contribution in [0.4, 0.5) is 34.6 Å². The number of carbonyl (C=O) groups excluding carboxylic acids is 1. The van der Waals surface area contributed by atoms with Crippen molar-refractivity contribution >= 4 is 28.7 Å². The third-order valence-corrected chi connectivity index (χ3v) is 8.37. The van der Waals surface area contributed by atoms with Crippen LogP contribution in [-0.2, 0) is 13.2 Å². The third kappa shape index (κ3) is 6.04. The van der Waals surface area contributed by atoms with Crippen molar-refractivity contribution in [3.05, 3.63) is 76.5 Å². The van der Waals surface area contributed by atoms with E-state index < -0.39 is 23.5 Å². The zero-order valence-electron chi connectivity index (χ0n) is 24.2. The first-order valence-corrected chi connectivity index (χ1v) is 14.3. The number of aryl methyl sites for hydroxylation is 2. The molecule has 3 N–H and O–H groups in total. The molecule has 9 nitrogen and oxygen atoms in total. The summed E-state index contributed by atoms with van der Waals surface area (Å²) in [5.74, 6) is -1.24. The summed E-state index contributed by atoms with van der Waals surface area (Å²) in [6.45, 7) is 6.92. The molecule has 1 saturated heterocycles. The van der Waals surface area contributed by atoms with E-state index in [1.165, 1.54) is 18.9 Å². The molecule has 228 valence electrons. The van der Waals surface area contributed by atoms with E-state index in [0.29, 0.717) is 43.9 Å². The van der Waals surface area contributed by atoms with Crippen LogP contribution in [0.3, 0.4) is 0 Å². The molecule has 1 amide bonds. The van der Waals surface area contributed by atoms with Crippen molar-refractivity contribution in [1.82, 2.24) is 25.6 Å². The molecular weight excluding hydrogens is 564 g/mol. The minimum Gasteiger partial charge on any atom is -0.367 e. The molecule has 0 atom stereocenters. The molecule has 2 aromatic carbocycles. The monoisotopic (exact) mass is 598 g/mol. The van der Waals surface area contributed by atoms with Crippen LogP contribution in [0.5, 0.6) is 0 Å². The Morgan fingerprint density at radius 3 is 2.47 bits per heavy atom. The van der Waals surface area contributed by atoms with Gasteiger partial charge in [0, 0.05) is 68.5 Å². The summed E-state index contributed by atoms with van der Waals surface area (Å²) in [6.07, 6.45) is 1.08. The molecule has 1 saturated carbocycles. The van der Waals surface area contributed by atoms with Gasteiger partial charge in [-0.15, -0.1) is 5.53 Å². The van der Waals surface area contributed by atoms with Crippen molar-refractivity contribution < 1.29 is 22.4 Å². The number of aromatic nitrogens is 2. The van der Waals surface area contributed by atoms with Gasteiger partial charge in [0.2, 0.25) is 0 Å². The lowest BCUT2D eigenvalue weighted by Crippen LogP contribution is -2.47. The number of anilines is 3. The lowest BCUT2D eigenvalue weighted by molar-refractivity contribution is -0.139. The largest absolute Gasteiger partial charge is 0.419 e. The highest BCUT2D eigenvalue weighted by molar-refractivity contribution is 6.05. The van der Waals surface area contributed by atoms with Gasteiger partial charge in [0.1, 0.15) is 0 Å². The minimum absolute atomic E-state index is 0.119. The highest BCUT2D eigenvalue weighted by atomic mass is 19.4. The maximum Gasteiger partial charge on any atom is 0.419 e. The predicted molar refractivity (Wildman–Crippen MR) is 157 cm³/mol. The maximum absolute atomic E-state index is 15.2. The second kappa shape index (κ2) is 11.2. The van der Waals surface area contributed by atoms with Crippen LogP contribution in [0, 0.1) is 25.6 Å². The third-order valence-electron chi connectivity index (χ3n) is 8.37. The predicted octanol–water partition coefficient (Wildman–Crippen LogP) is 4.81. The van der Waals surface area contributed by atoms with Crippen LogP contribution >= 0.6 is 0 Å². The van der Waals surface area contributed by atoms with Gasteiger partial charge >= 0.3 is 6.18 Å². The van der Waals surface area contributed by atoms with Gasteiger partial charge in [0.25, 0.3) is 5.91 Å². The van der Waals surface area contributed by atoms with E-state index in [1.807, 2.05) is 27.1 Å². The summed E-state index contributed by atoms with van der Waals surface area (Å²) in [5.41, 5.74) is 8.88. The number of alkyl halides is 3. The van der Waals surface area contributed by atoms with Gasteiger partial charge in [-0.3, -0.25) is 19.4 Å². The summed E-state index contributed by atoms with van der Waals surface area (Å²) in [7, 11) is 1.85. The topological polar surface area (TPSA) is 80.7 Å². The number of amides is 1. The van der Waals surface area contributed by atoms with Crippen molar-refractivity contribution in [2.75, 3.05) is 47.9 Å². The smallest absolute Gasteiger partial charge is 0.367 e. The Hall–Kier alpha value is -4.10. The number of nitrogens with one attached hydrogen (secondary N) is 3. The fourth-order valence-corrected chi connectivity index (χ4v) is 5.51. The number of hydrogen-bond acceptors (Lipinski definition) is 7. The molecule has 2 fully saturated rings. The summed E-state index contributed by atoms with van der Waals surface area (Å²) in [6, 6.07) is 6.95. The highest BCUT2D eigenvalue weighted by Crippen LogP contribution is 2.39. The van der Waals surface area contributed by atoms with Crippen molar-refractivity contribution in [1.29, 1.82) is 0 Å². The summed E-state index contributed by atoms with van der Waals surface area (Å²) in [4.78, 5) is 17.2. The fraction of sp³-hybridized carbons (Fsp3) is 0.400. The number of rotatable bonds is 7. The number of piperazine rings is 1. The second-order valence-electron chi connectivity index (χ2n) is 11.5. The molecule has 3 aromatic rings. The quantitative estimate of drug-likeness (QED) is 0.337. The van der Waals surface area contributed by atoms with Gasteiger partial charge < -0.3 is 15.6 Å². The highest BCUT2D eigenvalue weighted by Gasteiger charge is 2.37. The van der Waals surface area contributed by atoms with Gasteiger partial charge in [0.05, 0.1) is 28.8 Å². The Bertz CT molecular complexity index is 1570. The number of hydrazine groups is 2. The zero-order valence-corrected chi connectivity index (χ0v) is 24.2. The number of halogens is 4. The Labute approximate surface area is 247 Å². The summed E-state index contributed by atoms with van der Waals surface area (Å²) < 4.78 is 58.7. The fourth-order valence-electron chi connectivity index (χ4n) is 5.51. The van der Waals surface area contributed by atoms with Crippen molar-refractivity contribution in [2.24, 2.45) is 13.0 Å². The molecule has 13 heteroatoms. The molecule has 0 spiro atoms. The first-order valence-electron chi connectivity index (χ1n) is 14.3. The molecule has 3 aliphatic rings. The van der Waals surface area contributed by atoms with Crippen LogP contribution < -0.4 is 26.2 Å². The Morgan fingerprint density at radius 1 is 1.07 bits per heavy atom. The van der Waals surface area contributed by atoms with E-state index in [9.17, 15) is 18.0 Å².